The van der Waals surface area contributed by atoms with Gasteiger partial charge in [0.25, 0.3) is 0 Å². The van der Waals surface area contributed by atoms with E-state index in [1.165, 1.54) is 19.1 Å². The van der Waals surface area contributed by atoms with Crippen molar-refractivity contribution in [3.05, 3.63) is 59.9 Å². The first-order valence-corrected chi connectivity index (χ1v) is 8.87. The van der Waals surface area contributed by atoms with Gasteiger partial charge in [-0.2, -0.15) is 0 Å². The van der Waals surface area contributed by atoms with Crippen LogP contribution in [0.3, 0.4) is 0 Å². The molecule has 0 heterocycles. The van der Waals surface area contributed by atoms with Crippen LogP contribution >= 0.6 is 0 Å². The summed E-state index contributed by atoms with van der Waals surface area (Å²) in [6.07, 6.45) is -0.00514. The number of amides is 1. The third kappa shape index (κ3) is 5.86. The lowest BCUT2D eigenvalue weighted by Crippen LogP contribution is -2.46. The number of hydrogen-bond acceptors (Lipinski definition) is 4. The minimum Gasteiger partial charge on any atom is -0.481 e. The van der Waals surface area contributed by atoms with E-state index < -0.39 is 35.9 Å². The van der Waals surface area contributed by atoms with E-state index in [4.69, 9.17) is 5.11 Å². The molecule has 0 saturated carbocycles. The maximum atomic E-state index is 13.4. The lowest BCUT2D eigenvalue weighted by atomic mass is 9.82. The van der Waals surface area contributed by atoms with Crippen LogP contribution in [0.2, 0.25) is 0 Å². The van der Waals surface area contributed by atoms with Gasteiger partial charge in [-0.15, -0.1) is 0 Å². The first-order chi connectivity index (χ1) is 13.6. The van der Waals surface area contributed by atoms with Crippen LogP contribution in [0.5, 0.6) is 0 Å². The molecular formula is C21H22FNO6. The predicted molar refractivity (Wildman–Crippen MR) is 103 cm³/mol. The topological polar surface area (TPSA) is 124 Å². The molecule has 0 aliphatic carbocycles. The van der Waals surface area contributed by atoms with E-state index >= 15 is 0 Å². The molecule has 0 aliphatic heterocycles. The van der Waals surface area contributed by atoms with E-state index in [9.17, 15) is 29.0 Å². The molecule has 154 valence electrons. The van der Waals surface area contributed by atoms with Gasteiger partial charge in [-0.05, 0) is 48.6 Å². The molecule has 7 nitrogen and oxygen atoms in total. The maximum Gasteiger partial charge on any atom is 0.394 e. The van der Waals surface area contributed by atoms with E-state index in [1.807, 2.05) is 0 Å². The molecule has 4 N–H and O–H groups in total. The molecule has 0 aliphatic rings. The summed E-state index contributed by atoms with van der Waals surface area (Å²) in [6, 6.07) is 12.2. The molecule has 1 unspecified atom stereocenters. The van der Waals surface area contributed by atoms with Gasteiger partial charge < -0.3 is 20.6 Å². The number of aliphatic carboxylic acids is 2. The van der Waals surface area contributed by atoms with E-state index in [-0.39, 0.29) is 18.7 Å². The minimum atomic E-state index is -1.68. The summed E-state index contributed by atoms with van der Waals surface area (Å²) in [7, 11) is 0. The summed E-state index contributed by atoms with van der Waals surface area (Å²) >= 11 is 0. The summed E-state index contributed by atoms with van der Waals surface area (Å²) in [6.45, 7) is 0.655. The quantitative estimate of drug-likeness (QED) is 0.501. The molecule has 0 fully saturated rings. The molecule has 0 spiro atoms. The highest BCUT2D eigenvalue weighted by atomic mass is 19.1. The molecule has 0 bridgehead atoms. The molecule has 1 amide bonds. The first-order valence-electron chi connectivity index (χ1n) is 8.87. The van der Waals surface area contributed by atoms with Crippen LogP contribution < -0.4 is 5.32 Å². The fourth-order valence-electron chi connectivity index (χ4n) is 2.97. The Morgan fingerprint density at radius 3 is 2.24 bits per heavy atom. The zero-order chi connectivity index (χ0) is 21.6. The van der Waals surface area contributed by atoms with Crippen molar-refractivity contribution >= 4 is 17.8 Å². The zero-order valence-corrected chi connectivity index (χ0v) is 15.8. The van der Waals surface area contributed by atoms with Crippen LogP contribution in [-0.4, -0.2) is 45.8 Å². The van der Waals surface area contributed by atoms with Crippen LogP contribution in [-0.2, 0) is 20.8 Å². The Hall–Kier alpha value is -3.26. The SMILES string of the molecule is CC(CO)(C[C@@H](Cc1ccc(-c2cccc(F)c2)cc1)NC(=O)C(=O)O)C(=O)O. The number of aliphatic hydroxyl groups is 1. The largest absolute Gasteiger partial charge is 0.481 e. The van der Waals surface area contributed by atoms with Crippen LogP contribution in [0.4, 0.5) is 4.39 Å². The molecule has 2 aromatic carbocycles. The summed E-state index contributed by atoms with van der Waals surface area (Å²) < 4.78 is 13.4. The van der Waals surface area contributed by atoms with Crippen molar-refractivity contribution in [3.63, 3.8) is 0 Å². The lowest BCUT2D eigenvalue weighted by Gasteiger charge is -2.28. The standard InChI is InChI=1S/C21H22FNO6/c1-21(12-24,20(28)29)11-17(23-18(25)19(26)27)9-13-5-7-14(8-6-13)15-3-2-4-16(22)10-15/h2-8,10,17,24H,9,11-12H2,1H3,(H,23,25)(H,26,27)(H,28,29)/t17-,21?/m1/s1. The predicted octanol–water partition coefficient (Wildman–Crippen LogP) is 2.08. The van der Waals surface area contributed by atoms with Gasteiger partial charge in [0.2, 0.25) is 0 Å². The summed E-state index contributed by atoms with van der Waals surface area (Å²) in [5.74, 6) is -4.55. The summed E-state index contributed by atoms with van der Waals surface area (Å²) in [4.78, 5) is 33.9. The average molecular weight is 403 g/mol. The van der Waals surface area contributed by atoms with Gasteiger partial charge >= 0.3 is 17.8 Å². The molecule has 2 aromatic rings. The molecule has 0 aromatic heterocycles. The van der Waals surface area contributed by atoms with E-state index in [1.54, 1.807) is 36.4 Å². The Morgan fingerprint density at radius 1 is 1.07 bits per heavy atom. The van der Waals surface area contributed by atoms with Crippen LogP contribution in [0.15, 0.2) is 48.5 Å². The van der Waals surface area contributed by atoms with Gasteiger partial charge in [0.1, 0.15) is 5.82 Å². The van der Waals surface area contributed by atoms with Gasteiger partial charge in [-0.3, -0.25) is 9.59 Å². The highest BCUT2D eigenvalue weighted by Crippen LogP contribution is 2.26. The molecule has 2 rings (SSSR count). The highest BCUT2D eigenvalue weighted by molar-refractivity contribution is 6.31. The fourth-order valence-corrected chi connectivity index (χ4v) is 2.97. The summed E-state index contributed by atoms with van der Waals surface area (Å²) in [5, 5.41) is 30.0. The van der Waals surface area contributed by atoms with Gasteiger partial charge in [0.15, 0.2) is 0 Å². The van der Waals surface area contributed by atoms with E-state index in [0.29, 0.717) is 11.1 Å². The number of carbonyl (C=O) groups excluding carboxylic acids is 1. The van der Waals surface area contributed by atoms with Gasteiger partial charge in [-0.1, -0.05) is 36.4 Å². The fraction of sp³-hybridized carbons (Fsp3) is 0.286. The van der Waals surface area contributed by atoms with E-state index in [0.717, 1.165) is 5.56 Å². The Kier molecular flexibility index (Phi) is 7.06. The minimum absolute atomic E-state index is 0.158. The Balaban J connectivity index is 2.22. The Morgan fingerprint density at radius 2 is 1.72 bits per heavy atom. The second-order valence-corrected chi connectivity index (χ2v) is 7.11. The first kappa shape index (κ1) is 22.0. The van der Waals surface area contributed by atoms with Crippen LogP contribution in [0, 0.1) is 11.2 Å². The number of rotatable bonds is 8. The molecule has 8 heteroatoms. The van der Waals surface area contributed by atoms with Crippen molar-refractivity contribution in [2.45, 2.75) is 25.8 Å². The van der Waals surface area contributed by atoms with Gasteiger partial charge in [0.05, 0.1) is 12.0 Å². The van der Waals surface area contributed by atoms with E-state index in [2.05, 4.69) is 5.32 Å². The number of aliphatic hydroxyl groups excluding tert-OH is 1. The maximum absolute atomic E-state index is 13.4. The second kappa shape index (κ2) is 9.29. The number of carboxylic acid groups (broad SMARTS) is 2. The van der Waals surface area contributed by atoms with Gasteiger partial charge in [0, 0.05) is 6.04 Å². The monoisotopic (exact) mass is 403 g/mol. The van der Waals surface area contributed by atoms with Crippen molar-refractivity contribution < 1.29 is 34.1 Å². The highest BCUT2D eigenvalue weighted by Gasteiger charge is 2.36. The van der Waals surface area contributed by atoms with Crippen LogP contribution in [0.25, 0.3) is 11.1 Å². The molecule has 0 saturated heterocycles. The molecular weight excluding hydrogens is 381 g/mol. The summed E-state index contributed by atoms with van der Waals surface area (Å²) in [5.41, 5.74) is 0.625. The normalized spacial score (nSPS) is 13.9. The third-order valence-electron chi connectivity index (χ3n) is 4.69. The number of hydrogen-bond donors (Lipinski definition) is 4. The van der Waals surface area contributed by atoms with Crippen molar-refractivity contribution in [3.8, 4) is 11.1 Å². The van der Waals surface area contributed by atoms with Crippen molar-refractivity contribution in [2.24, 2.45) is 5.41 Å². The smallest absolute Gasteiger partial charge is 0.394 e. The number of halogens is 1. The number of nitrogens with one attached hydrogen (secondary N) is 1. The Labute approximate surface area is 166 Å². The number of carboxylic acids is 2. The molecule has 29 heavy (non-hydrogen) atoms. The number of carbonyl (C=O) groups is 3. The number of benzene rings is 2. The van der Waals surface area contributed by atoms with Crippen LogP contribution in [0.1, 0.15) is 18.9 Å². The van der Waals surface area contributed by atoms with Crippen molar-refractivity contribution in [1.29, 1.82) is 0 Å². The molecule has 2 atom stereocenters. The second-order valence-electron chi connectivity index (χ2n) is 7.11. The zero-order valence-electron chi connectivity index (χ0n) is 15.8. The van der Waals surface area contributed by atoms with Crippen molar-refractivity contribution in [1.82, 2.24) is 5.32 Å². The van der Waals surface area contributed by atoms with Crippen molar-refractivity contribution in [2.75, 3.05) is 6.61 Å². The molecule has 0 radical (unpaired) electrons. The lowest BCUT2D eigenvalue weighted by molar-refractivity contribution is -0.152. The third-order valence-corrected chi connectivity index (χ3v) is 4.69. The Bertz CT molecular complexity index is 898. The van der Waals surface area contributed by atoms with Gasteiger partial charge in [-0.25, -0.2) is 9.18 Å². The average Bonchev–Trinajstić information content (AvgIpc) is 2.68.